The van der Waals surface area contributed by atoms with Crippen LogP contribution < -0.4 is 0 Å². The highest BCUT2D eigenvalue weighted by Gasteiger charge is 2.29. The van der Waals surface area contributed by atoms with Crippen molar-refractivity contribution in [3.8, 4) is 11.5 Å². The summed E-state index contributed by atoms with van der Waals surface area (Å²) in [4.78, 5) is 14.2. The molecular weight excluding hydrogens is 371 g/mol. The van der Waals surface area contributed by atoms with Gasteiger partial charge in [0, 0.05) is 24.2 Å². The largest absolute Gasteiger partial charge is 0.420 e. The van der Waals surface area contributed by atoms with Crippen molar-refractivity contribution in [2.45, 2.75) is 18.8 Å². The van der Waals surface area contributed by atoms with Crippen LogP contribution >= 0.6 is 0 Å². The van der Waals surface area contributed by atoms with E-state index in [-0.39, 0.29) is 29.1 Å². The summed E-state index contributed by atoms with van der Waals surface area (Å²) in [6.07, 6.45) is 1.47. The molecule has 1 aliphatic heterocycles. The van der Waals surface area contributed by atoms with Crippen molar-refractivity contribution in [3.63, 3.8) is 0 Å². The minimum atomic E-state index is -1.06. The zero-order valence-corrected chi connectivity index (χ0v) is 14.7. The standard InChI is InChI=1S/C20H16F3N3O2/c21-15-6-3-12(4-7-15)18-24-25-19(28-18)14-2-1-9-26(11-14)20(27)13-5-8-16(22)17(23)10-13/h3-8,10,14H,1-2,9,11H2. The average Bonchev–Trinajstić information content (AvgIpc) is 3.20. The fourth-order valence-corrected chi connectivity index (χ4v) is 3.28. The Kier molecular flexibility index (Phi) is 4.85. The molecule has 1 unspecified atom stereocenters. The van der Waals surface area contributed by atoms with Crippen molar-refractivity contribution >= 4 is 5.91 Å². The number of halogens is 3. The first-order chi connectivity index (χ1) is 13.5. The van der Waals surface area contributed by atoms with Crippen LogP contribution in [0.25, 0.3) is 11.5 Å². The second-order valence-electron chi connectivity index (χ2n) is 6.67. The summed E-state index contributed by atoms with van der Waals surface area (Å²) in [5.41, 5.74) is 0.697. The second-order valence-corrected chi connectivity index (χ2v) is 6.67. The number of hydrogen-bond acceptors (Lipinski definition) is 4. The number of carbonyl (C=O) groups is 1. The third-order valence-corrected chi connectivity index (χ3v) is 4.76. The minimum Gasteiger partial charge on any atom is -0.420 e. The minimum absolute atomic E-state index is 0.0945. The fourth-order valence-electron chi connectivity index (χ4n) is 3.28. The highest BCUT2D eigenvalue weighted by Crippen LogP contribution is 2.29. The number of amides is 1. The summed E-state index contributed by atoms with van der Waals surface area (Å²) >= 11 is 0. The van der Waals surface area contributed by atoms with Crippen LogP contribution in [0.15, 0.2) is 46.9 Å². The van der Waals surface area contributed by atoms with Gasteiger partial charge in [0.05, 0.1) is 5.92 Å². The van der Waals surface area contributed by atoms with E-state index in [0.717, 1.165) is 18.6 Å². The zero-order valence-electron chi connectivity index (χ0n) is 14.7. The van der Waals surface area contributed by atoms with Crippen LogP contribution in [0, 0.1) is 17.5 Å². The Labute approximate surface area is 158 Å². The molecule has 3 aromatic rings. The maximum Gasteiger partial charge on any atom is 0.253 e. The van der Waals surface area contributed by atoms with E-state index in [9.17, 15) is 18.0 Å². The molecule has 1 aliphatic rings. The van der Waals surface area contributed by atoms with E-state index in [1.165, 1.54) is 18.2 Å². The van der Waals surface area contributed by atoms with Crippen LogP contribution in [-0.2, 0) is 0 Å². The van der Waals surface area contributed by atoms with Gasteiger partial charge in [-0.2, -0.15) is 0 Å². The Hall–Kier alpha value is -3.16. The van der Waals surface area contributed by atoms with Crippen molar-refractivity contribution in [3.05, 3.63) is 71.4 Å². The molecule has 2 aromatic carbocycles. The summed E-state index contributed by atoms with van der Waals surface area (Å²) < 4.78 is 45.3. The summed E-state index contributed by atoms with van der Waals surface area (Å²) in [5, 5.41) is 8.08. The van der Waals surface area contributed by atoms with Crippen molar-refractivity contribution in [2.75, 3.05) is 13.1 Å². The van der Waals surface area contributed by atoms with Crippen LogP contribution in [0.4, 0.5) is 13.2 Å². The van der Waals surface area contributed by atoms with Gasteiger partial charge in [0.25, 0.3) is 5.91 Å². The van der Waals surface area contributed by atoms with Crippen LogP contribution in [0.2, 0.25) is 0 Å². The molecule has 4 rings (SSSR count). The number of hydrogen-bond donors (Lipinski definition) is 0. The molecule has 1 saturated heterocycles. The highest BCUT2D eigenvalue weighted by atomic mass is 19.2. The van der Waals surface area contributed by atoms with E-state index in [0.29, 0.717) is 31.0 Å². The Balaban J connectivity index is 1.50. The predicted molar refractivity (Wildman–Crippen MR) is 93.9 cm³/mol. The van der Waals surface area contributed by atoms with E-state index in [2.05, 4.69) is 10.2 Å². The lowest BCUT2D eigenvalue weighted by atomic mass is 9.97. The smallest absolute Gasteiger partial charge is 0.253 e. The van der Waals surface area contributed by atoms with Gasteiger partial charge in [0.15, 0.2) is 11.6 Å². The molecule has 0 saturated carbocycles. The van der Waals surface area contributed by atoms with Crippen molar-refractivity contribution in [1.29, 1.82) is 0 Å². The first-order valence-electron chi connectivity index (χ1n) is 8.85. The third-order valence-electron chi connectivity index (χ3n) is 4.76. The highest BCUT2D eigenvalue weighted by molar-refractivity contribution is 5.94. The Morgan fingerprint density at radius 2 is 1.82 bits per heavy atom. The van der Waals surface area contributed by atoms with E-state index in [1.54, 1.807) is 17.0 Å². The quantitative estimate of drug-likeness (QED) is 0.677. The maximum atomic E-state index is 13.4. The molecule has 0 spiro atoms. The molecule has 5 nitrogen and oxygen atoms in total. The van der Waals surface area contributed by atoms with Gasteiger partial charge in [-0.3, -0.25) is 4.79 Å². The SMILES string of the molecule is O=C(c1ccc(F)c(F)c1)N1CCCC(c2nnc(-c3ccc(F)cc3)o2)C1. The molecule has 2 heterocycles. The summed E-state index contributed by atoms with van der Waals surface area (Å²) in [6, 6.07) is 8.82. The van der Waals surface area contributed by atoms with Crippen molar-refractivity contribution < 1.29 is 22.4 Å². The molecule has 1 amide bonds. The molecule has 0 aliphatic carbocycles. The number of nitrogens with zero attached hydrogens (tertiary/aromatic N) is 3. The topological polar surface area (TPSA) is 59.2 Å². The van der Waals surface area contributed by atoms with Gasteiger partial charge < -0.3 is 9.32 Å². The van der Waals surface area contributed by atoms with Crippen molar-refractivity contribution in [1.82, 2.24) is 15.1 Å². The number of aromatic nitrogens is 2. The number of piperidine rings is 1. The summed E-state index contributed by atoms with van der Waals surface area (Å²) in [6.45, 7) is 0.843. The van der Waals surface area contributed by atoms with Crippen LogP contribution in [0.1, 0.15) is 35.0 Å². The van der Waals surface area contributed by atoms with Gasteiger partial charge in [0.2, 0.25) is 11.8 Å². The lowest BCUT2D eigenvalue weighted by Crippen LogP contribution is -2.39. The first-order valence-corrected chi connectivity index (χ1v) is 8.85. The lowest BCUT2D eigenvalue weighted by molar-refractivity contribution is 0.0698. The molecular formula is C20H16F3N3O2. The zero-order chi connectivity index (χ0) is 19.7. The van der Waals surface area contributed by atoms with E-state index >= 15 is 0 Å². The van der Waals surface area contributed by atoms with Gasteiger partial charge in [-0.1, -0.05) is 0 Å². The molecule has 8 heteroatoms. The number of rotatable bonds is 3. The number of carbonyl (C=O) groups excluding carboxylic acids is 1. The monoisotopic (exact) mass is 387 g/mol. The molecule has 28 heavy (non-hydrogen) atoms. The summed E-state index contributed by atoms with van der Waals surface area (Å²) in [7, 11) is 0. The molecule has 144 valence electrons. The van der Waals surface area contributed by atoms with Crippen molar-refractivity contribution in [2.24, 2.45) is 0 Å². The Morgan fingerprint density at radius 3 is 2.57 bits per heavy atom. The average molecular weight is 387 g/mol. The van der Waals surface area contributed by atoms with E-state index in [4.69, 9.17) is 4.42 Å². The second kappa shape index (κ2) is 7.46. The molecule has 1 atom stereocenters. The van der Waals surface area contributed by atoms with Gasteiger partial charge >= 0.3 is 0 Å². The Morgan fingerprint density at radius 1 is 1.04 bits per heavy atom. The van der Waals surface area contributed by atoms with Crippen LogP contribution in [-0.4, -0.2) is 34.1 Å². The molecule has 1 fully saturated rings. The predicted octanol–water partition coefficient (Wildman–Crippen LogP) is 4.17. The number of benzene rings is 2. The van der Waals surface area contributed by atoms with Gasteiger partial charge in [-0.25, -0.2) is 13.2 Å². The number of likely N-dealkylation sites (tertiary alicyclic amines) is 1. The fraction of sp³-hybridized carbons (Fsp3) is 0.250. The Bertz CT molecular complexity index is 1000. The van der Waals surface area contributed by atoms with E-state index in [1.807, 2.05) is 0 Å². The van der Waals surface area contributed by atoms with Gasteiger partial charge in [0.1, 0.15) is 5.82 Å². The first kappa shape index (κ1) is 18.2. The molecule has 1 aromatic heterocycles. The normalized spacial score (nSPS) is 17.0. The van der Waals surface area contributed by atoms with E-state index < -0.39 is 11.6 Å². The molecule has 0 N–H and O–H groups in total. The molecule has 0 radical (unpaired) electrons. The lowest BCUT2D eigenvalue weighted by Gasteiger charge is -2.31. The van der Waals surface area contributed by atoms with Gasteiger partial charge in [-0.15, -0.1) is 10.2 Å². The third kappa shape index (κ3) is 3.62. The summed E-state index contributed by atoms with van der Waals surface area (Å²) in [5.74, 6) is -2.28. The van der Waals surface area contributed by atoms with Crippen LogP contribution in [0.5, 0.6) is 0 Å². The maximum absolute atomic E-state index is 13.4. The van der Waals surface area contributed by atoms with Gasteiger partial charge in [-0.05, 0) is 55.3 Å². The van der Waals surface area contributed by atoms with Crippen LogP contribution in [0.3, 0.4) is 0 Å². The molecule has 0 bridgehead atoms.